The van der Waals surface area contributed by atoms with Crippen molar-refractivity contribution in [1.82, 2.24) is 15.5 Å². The molecule has 0 bridgehead atoms. The monoisotopic (exact) mass is 270 g/mol. The Morgan fingerprint density at radius 3 is 2.45 bits per heavy atom. The van der Waals surface area contributed by atoms with Crippen LogP contribution >= 0.6 is 0 Å². The Bertz CT molecular complexity index is 562. The number of aromatic amines is 1. The second kappa shape index (κ2) is 5.67. The first-order chi connectivity index (χ1) is 9.70. The smallest absolute Gasteiger partial charge is 0.148 e. The molecule has 0 saturated carbocycles. The van der Waals surface area contributed by atoms with Crippen LogP contribution in [0, 0.1) is 13.8 Å². The Morgan fingerprint density at radius 1 is 1.05 bits per heavy atom. The molecule has 4 nitrogen and oxygen atoms in total. The van der Waals surface area contributed by atoms with Crippen LogP contribution in [0.15, 0.2) is 24.3 Å². The van der Waals surface area contributed by atoms with Crippen molar-refractivity contribution in [3.8, 4) is 11.3 Å². The Kier molecular flexibility index (Phi) is 3.74. The minimum absolute atomic E-state index is 0.534. The molecular formula is C16H22N4. The van der Waals surface area contributed by atoms with Crippen molar-refractivity contribution in [2.24, 2.45) is 0 Å². The summed E-state index contributed by atoms with van der Waals surface area (Å²) < 4.78 is 0. The first-order valence-corrected chi connectivity index (χ1v) is 7.32. The maximum Gasteiger partial charge on any atom is 0.148 e. The van der Waals surface area contributed by atoms with Gasteiger partial charge in [0.05, 0.1) is 5.69 Å². The summed E-state index contributed by atoms with van der Waals surface area (Å²) in [6.45, 7) is 6.43. The number of rotatable bonds is 3. The summed E-state index contributed by atoms with van der Waals surface area (Å²) in [5, 5.41) is 14.4. The van der Waals surface area contributed by atoms with Gasteiger partial charge in [0.1, 0.15) is 5.82 Å². The van der Waals surface area contributed by atoms with E-state index in [9.17, 15) is 0 Å². The van der Waals surface area contributed by atoms with Crippen molar-refractivity contribution in [3.63, 3.8) is 0 Å². The van der Waals surface area contributed by atoms with E-state index in [0.717, 1.165) is 37.4 Å². The van der Waals surface area contributed by atoms with Gasteiger partial charge in [-0.1, -0.05) is 17.2 Å². The van der Waals surface area contributed by atoms with Crippen LogP contribution in [0.2, 0.25) is 0 Å². The summed E-state index contributed by atoms with van der Waals surface area (Å²) in [4.78, 5) is 0. The molecule has 3 rings (SSSR count). The Balaban J connectivity index is 1.75. The molecule has 4 heteroatoms. The number of hydrogen-bond acceptors (Lipinski definition) is 3. The Labute approximate surface area is 120 Å². The van der Waals surface area contributed by atoms with Crippen LogP contribution < -0.4 is 10.6 Å². The van der Waals surface area contributed by atoms with Crippen LogP contribution in [0.1, 0.15) is 24.0 Å². The first kappa shape index (κ1) is 13.2. The van der Waals surface area contributed by atoms with Crippen molar-refractivity contribution < 1.29 is 0 Å². The number of benzene rings is 1. The number of piperidine rings is 1. The lowest BCUT2D eigenvalue weighted by Crippen LogP contribution is -2.35. The highest BCUT2D eigenvalue weighted by Crippen LogP contribution is 2.23. The molecule has 0 amide bonds. The maximum atomic E-state index is 4.39. The van der Waals surface area contributed by atoms with E-state index in [1.807, 2.05) is 0 Å². The first-order valence-electron chi connectivity index (χ1n) is 7.32. The number of aryl methyl sites for hydroxylation is 2. The molecule has 3 N–H and O–H groups in total. The summed E-state index contributed by atoms with van der Waals surface area (Å²) in [5.74, 6) is 0.950. The summed E-state index contributed by atoms with van der Waals surface area (Å²) in [7, 11) is 0. The quantitative estimate of drug-likeness (QED) is 0.804. The molecule has 1 aliphatic heterocycles. The van der Waals surface area contributed by atoms with Crippen LogP contribution in [-0.4, -0.2) is 29.3 Å². The lowest BCUT2D eigenvalue weighted by Gasteiger charge is -2.23. The van der Waals surface area contributed by atoms with E-state index in [1.54, 1.807) is 0 Å². The molecule has 1 aliphatic rings. The molecule has 106 valence electrons. The van der Waals surface area contributed by atoms with E-state index in [1.165, 1.54) is 16.7 Å². The van der Waals surface area contributed by atoms with Crippen LogP contribution in [0.3, 0.4) is 0 Å². The lowest BCUT2D eigenvalue weighted by atomic mass is 10.0. The average Bonchev–Trinajstić information content (AvgIpc) is 2.87. The van der Waals surface area contributed by atoms with Gasteiger partial charge in [-0.05, 0) is 51.9 Å². The minimum Gasteiger partial charge on any atom is -0.366 e. The van der Waals surface area contributed by atoms with Crippen molar-refractivity contribution in [1.29, 1.82) is 0 Å². The molecule has 20 heavy (non-hydrogen) atoms. The van der Waals surface area contributed by atoms with Crippen LogP contribution in [0.25, 0.3) is 11.3 Å². The number of nitrogens with one attached hydrogen (secondary N) is 3. The van der Waals surface area contributed by atoms with Gasteiger partial charge in [0.25, 0.3) is 0 Å². The van der Waals surface area contributed by atoms with Gasteiger partial charge in [-0.25, -0.2) is 0 Å². The standard InChI is InChI=1S/C16H22N4/c1-11-7-12(2)9-13(8-11)15-10-16(20-19-15)18-14-3-5-17-6-4-14/h7-10,14,17H,3-6H2,1-2H3,(H2,18,19,20). The van der Waals surface area contributed by atoms with Crippen LogP contribution in [0.4, 0.5) is 5.82 Å². The topological polar surface area (TPSA) is 52.7 Å². The average molecular weight is 270 g/mol. The van der Waals surface area contributed by atoms with Crippen LogP contribution in [-0.2, 0) is 0 Å². The molecule has 2 heterocycles. The summed E-state index contributed by atoms with van der Waals surface area (Å²) in [6, 6.07) is 9.21. The highest BCUT2D eigenvalue weighted by molar-refractivity contribution is 5.64. The third kappa shape index (κ3) is 3.02. The van der Waals surface area contributed by atoms with E-state index in [4.69, 9.17) is 0 Å². The maximum absolute atomic E-state index is 4.39. The molecule has 1 aromatic carbocycles. The molecule has 1 saturated heterocycles. The molecule has 0 unspecified atom stereocenters. The fourth-order valence-corrected chi connectivity index (χ4v) is 2.85. The number of anilines is 1. The molecule has 1 aromatic heterocycles. The summed E-state index contributed by atoms with van der Waals surface area (Å²) in [6.07, 6.45) is 2.32. The zero-order valence-corrected chi connectivity index (χ0v) is 12.2. The molecule has 0 radical (unpaired) electrons. The molecule has 0 atom stereocenters. The summed E-state index contributed by atoms with van der Waals surface area (Å²) >= 11 is 0. The van der Waals surface area contributed by atoms with Crippen molar-refractivity contribution in [2.75, 3.05) is 18.4 Å². The third-order valence-corrected chi connectivity index (χ3v) is 3.80. The number of H-pyrrole nitrogens is 1. The lowest BCUT2D eigenvalue weighted by molar-refractivity contribution is 0.478. The minimum atomic E-state index is 0.534. The zero-order valence-electron chi connectivity index (χ0n) is 12.2. The largest absolute Gasteiger partial charge is 0.366 e. The fraction of sp³-hybridized carbons (Fsp3) is 0.438. The molecule has 1 fully saturated rings. The third-order valence-electron chi connectivity index (χ3n) is 3.80. The van der Waals surface area contributed by atoms with E-state index < -0.39 is 0 Å². The normalized spacial score (nSPS) is 16.3. The van der Waals surface area contributed by atoms with E-state index in [-0.39, 0.29) is 0 Å². The number of aromatic nitrogens is 2. The van der Waals surface area contributed by atoms with Crippen molar-refractivity contribution in [3.05, 3.63) is 35.4 Å². The van der Waals surface area contributed by atoms with E-state index >= 15 is 0 Å². The molecular weight excluding hydrogens is 248 g/mol. The van der Waals surface area contributed by atoms with Gasteiger partial charge >= 0.3 is 0 Å². The second-order valence-corrected chi connectivity index (χ2v) is 5.71. The van der Waals surface area contributed by atoms with Gasteiger partial charge in [-0.2, -0.15) is 5.10 Å². The molecule has 0 aliphatic carbocycles. The van der Waals surface area contributed by atoms with Crippen molar-refractivity contribution >= 4 is 5.82 Å². The molecule has 2 aromatic rings. The number of nitrogens with zero attached hydrogens (tertiary/aromatic N) is 1. The van der Waals surface area contributed by atoms with Gasteiger partial charge < -0.3 is 10.6 Å². The Morgan fingerprint density at radius 2 is 1.75 bits per heavy atom. The highest BCUT2D eigenvalue weighted by atomic mass is 15.2. The van der Waals surface area contributed by atoms with Gasteiger partial charge in [0, 0.05) is 17.7 Å². The fourth-order valence-electron chi connectivity index (χ4n) is 2.85. The molecule has 0 spiro atoms. The zero-order chi connectivity index (χ0) is 13.9. The van der Waals surface area contributed by atoms with Crippen LogP contribution in [0.5, 0.6) is 0 Å². The van der Waals surface area contributed by atoms with Crippen molar-refractivity contribution in [2.45, 2.75) is 32.7 Å². The van der Waals surface area contributed by atoms with Gasteiger partial charge in [0.15, 0.2) is 0 Å². The Hall–Kier alpha value is -1.81. The summed E-state index contributed by atoms with van der Waals surface area (Å²) in [5.41, 5.74) is 4.84. The van der Waals surface area contributed by atoms with Gasteiger partial charge in [-0.15, -0.1) is 0 Å². The van der Waals surface area contributed by atoms with E-state index in [2.05, 4.69) is 58.9 Å². The highest BCUT2D eigenvalue weighted by Gasteiger charge is 2.14. The second-order valence-electron chi connectivity index (χ2n) is 5.71. The van der Waals surface area contributed by atoms with E-state index in [0.29, 0.717) is 6.04 Å². The predicted octanol–water partition coefficient (Wildman–Crippen LogP) is 2.86. The van der Waals surface area contributed by atoms with Gasteiger partial charge in [-0.3, -0.25) is 5.10 Å². The SMILES string of the molecule is Cc1cc(C)cc(-c2cc(NC3CCNCC3)n[nH]2)c1. The van der Waals surface area contributed by atoms with Gasteiger partial charge in [0.2, 0.25) is 0 Å². The predicted molar refractivity (Wildman–Crippen MR) is 83.0 cm³/mol. The number of hydrogen-bond donors (Lipinski definition) is 3.